The van der Waals surface area contributed by atoms with E-state index in [0.717, 1.165) is 6.42 Å². The molecule has 78 valence electrons. The summed E-state index contributed by atoms with van der Waals surface area (Å²) >= 11 is 0. The summed E-state index contributed by atoms with van der Waals surface area (Å²) in [7, 11) is 0. The maximum Gasteiger partial charge on any atom is 0.144 e. The van der Waals surface area contributed by atoms with Gasteiger partial charge in [0.1, 0.15) is 18.5 Å². The summed E-state index contributed by atoms with van der Waals surface area (Å²) in [5, 5.41) is 15.5. The highest BCUT2D eigenvalue weighted by molar-refractivity contribution is 5.85. The monoisotopic (exact) mass is 197 g/mol. The molecule has 0 aliphatic carbocycles. The Morgan fingerprint density at radius 2 is 2.36 bits per heavy atom. The Morgan fingerprint density at radius 3 is 2.86 bits per heavy atom. The van der Waals surface area contributed by atoms with Crippen LogP contribution in [-0.2, 0) is 6.54 Å². The number of amidine groups is 1. The van der Waals surface area contributed by atoms with Crippen LogP contribution in [0.4, 0.5) is 0 Å². The van der Waals surface area contributed by atoms with Gasteiger partial charge in [-0.1, -0.05) is 19.0 Å². The van der Waals surface area contributed by atoms with Gasteiger partial charge < -0.3 is 10.9 Å². The van der Waals surface area contributed by atoms with E-state index in [1.165, 1.54) is 6.33 Å². The maximum atomic E-state index is 8.56. The molecule has 14 heavy (non-hydrogen) atoms. The number of hydrogen-bond donors (Lipinski definition) is 2. The van der Waals surface area contributed by atoms with E-state index in [1.54, 1.807) is 11.0 Å². The van der Waals surface area contributed by atoms with Gasteiger partial charge in [0, 0.05) is 12.0 Å². The number of nitrogens with zero attached hydrogens (tertiary/aromatic N) is 4. The molecule has 0 saturated carbocycles. The topological polar surface area (TPSA) is 89.3 Å². The van der Waals surface area contributed by atoms with Gasteiger partial charge in [-0.3, -0.25) is 4.68 Å². The minimum Gasteiger partial charge on any atom is -0.409 e. The van der Waals surface area contributed by atoms with Crippen molar-refractivity contribution in [2.75, 3.05) is 0 Å². The third kappa shape index (κ3) is 2.45. The number of oxime groups is 1. The highest BCUT2D eigenvalue weighted by Crippen LogP contribution is 2.20. The van der Waals surface area contributed by atoms with E-state index in [2.05, 4.69) is 15.2 Å². The third-order valence-corrected chi connectivity index (χ3v) is 2.23. The van der Waals surface area contributed by atoms with Gasteiger partial charge in [-0.05, 0) is 6.42 Å². The van der Waals surface area contributed by atoms with Crippen LogP contribution in [0.3, 0.4) is 0 Å². The van der Waals surface area contributed by atoms with Crippen LogP contribution in [0.15, 0.2) is 17.8 Å². The lowest BCUT2D eigenvalue weighted by Gasteiger charge is -2.22. The number of aromatic nitrogens is 3. The van der Waals surface area contributed by atoms with E-state index < -0.39 is 0 Å². The van der Waals surface area contributed by atoms with Crippen molar-refractivity contribution in [1.29, 1.82) is 0 Å². The average molecular weight is 197 g/mol. The largest absolute Gasteiger partial charge is 0.409 e. The van der Waals surface area contributed by atoms with Crippen molar-refractivity contribution in [2.24, 2.45) is 16.3 Å². The number of aryl methyl sites for hydroxylation is 1. The second-order valence-electron chi connectivity index (χ2n) is 3.78. The van der Waals surface area contributed by atoms with Crippen LogP contribution in [0.1, 0.15) is 20.3 Å². The van der Waals surface area contributed by atoms with Gasteiger partial charge in [0.05, 0.1) is 0 Å². The highest BCUT2D eigenvalue weighted by atomic mass is 16.4. The summed E-state index contributed by atoms with van der Waals surface area (Å²) in [6, 6.07) is 0. The molecule has 1 heterocycles. The normalized spacial score (nSPS) is 13.1. The Balaban J connectivity index is 2.52. The summed E-state index contributed by atoms with van der Waals surface area (Å²) in [5.74, 6) is 0.234. The van der Waals surface area contributed by atoms with Gasteiger partial charge in [0.25, 0.3) is 0 Å². The Bertz CT molecular complexity index is 304. The lowest BCUT2D eigenvalue weighted by molar-refractivity contribution is 0.302. The first kappa shape index (κ1) is 10.5. The zero-order valence-corrected chi connectivity index (χ0v) is 8.38. The smallest absolute Gasteiger partial charge is 0.144 e. The second kappa shape index (κ2) is 4.08. The predicted molar refractivity (Wildman–Crippen MR) is 51.8 cm³/mol. The van der Waals surface area contributed by atoms with Crippen LogP contribution in [0.2, 0.25) is 0 Å². The first-order chi connectivity index (χ1) is 6.56. The summed E-state index contributed by atoms with van der Waals surface area (Å²) in [4.78, 5) is 3.83. The lowest BCUT2D eigenvalue weighted by atomic mass is 9.88. The summed E-state index contributed by atoms with van der Waals surface area (Å²) in [6.45, 7) is 4.53. The maximum absolute atomic E-state index is 8.56. The highest BCUT2D eigenvalue weighted by Gasteiger charge is 2.23. The van der Waals surface area contributed by atoms with Crippen LogP contribution in [0.25, 0.3) is 0 Å². The minimum absolute atomic E-state index is 0.234. The van der Waals surface area contributed by atoms with Crippen molar-refractivity contribution in [3.8, 4) is 0 Å². The lowest BCUT2D eigenvalue weighted by Crippen LogP contribution is -2.33. The molecule has 0 bridgehead atoms. The van der Waals surface area contributed by atoms with Gasteiger partial charge >= 0.3 is 0 Å². The Kier molecular flexibility index (Phi) is 3.06. The molecule has 1 aromatic heterocycles. The van der Waals surface area contributed by atoms with E-state index >= 15 is 0 Å². The first-order valence-corrected chi connectivity index (χ1v) is 4.36. The molecule has 1 aromatic rings. The quantitative estimate of drug-likeness (QED) is 0.317. The van der Waals surface area contributed by atoms with Crippen LogP contribution in [0, 0.1) is 5.41 Å². The van der Waals surface area contributed by atoms with Crippen molar-refractivity contribution in [1.82, 2.24) is 14.8 Å². The van der Waals surface area contributed by atoms with Crippen molar-refractivity contribution < 1.29 is 5.21 Å². The molecule has 6 nitrogen and oxygen atoms in total. The second-order valence-corrected chi connectivity index (χ2v) is 3.78. The Morgan fingerprint density at radius 1 is 1.64 bits per heavy atom. The van der Waals surface area contributed by atoms with Gasteiger partial charge in [-0.2, -0.15) is 5.10 Å². The zero-order valence-electron chi connectivity index (χ0n) is 8.38. The minimum atomic E-state index is -0.333. The molecule has 0 amide bonds. The average Bonchev–Trinajstić information content (AvgIpc) is 2.66. The van der Waals surface area contributed by atoms with Gasteiger partial charge in [-0.25, -0.2) is 4.98 Å². The zero-order chi connectivity index (χ0) is 10.6. The Hall–Kier alpha value is -1.59. The molecule has 0 aliphatic rings. The summed E-state index contributed by atoms with van der Waals surface area (Å²) in [6.07, 6.45) is 3.87. The van der Waals surface area contributed by atoms with E-state index in [0.29, 0.717) is 6.54 Å². The van der Waals surface area contributed by atoms with Crippen LogP contribution in [0.5, 0.6) is 0 Å². The third-order valence-electron chi connectivity index (χ3n) is 2.23. The van der Waals surface area contributed by atoms with E-state index in [1.807, 2.05) is 13.8 Å². The summed E-state index contributed by atoms with van der Waals surface area (Å²) in [5.41, 5.74) is 5.21. The van der Waals surface area contributed by atoms with Crippen LogP contribution in [-0.4, -0.2) is 25.8 Å². The van der Waals surface area contributed by atoms with Crippen molar-refractivity contribution >= 4 is 5.84 Å². The molecule has 3 N–H and O–H groups in total. The van der Waals surface area contributed by atoms with Gasteiger partial charge in [-0.15, -0.1) is 0 Å². The van der Waals surface area contributed by atoms with Crippen molar-refractivity contribution in [3.63, 3.8) is 0 Å². The van der Waals surface area contributed by atoms with Crippen molar-refractivity contribution in [2.45, 2.75) is 26.8 Å². The van der Waals surface area contributed by atoms with Crippen LogP contribution < -0.4 is 5.73 Å². The van der Waals surface area contributed by atoms with Crippen molar-refractivity contribution in [3.05, 3.63) is 12.7 Å². The SMILES string of the molecule is CC(C)(CCn1cncn1)C(N)=NO. The molecule has 0 radical (unpaired) electrons. The fraction of sp³-hybridized carbons (Fsp3) is 0.625. The number of nitrogens with two attached hydrogens (primary N) is 1. The molecule has 0 aliphatic heterocycles. The molecule has 0 spiro atoms. The van der Waals surface area contributed by atoms with E-state index in [9.17, 15) is 0 Å². The molecule has 0 aromatic carbocycles. The van der Waals surface area contributed by atoms with Gasteiger partial charge in [0.15, 0.2) is 0 Å². The summed E-state index contributed by atoms with van der Waals surface area (Å²) < 4.78 is 1.71. The number of rotatable bonds is 4. The fourth-order valence-electron chi connectivity index (χ4n) is 1.01. The molecule has 0 unspecified atom stereocenters. The molecule has 1 rings (SSSR count). The molecule has 0 atom stereocenters. The molecular formula is C8H15N5O. The molecule has 6 heteroatoms. The fourth-order valence-corrected chi connectivity index (χ4v) is 1.01. The Labute approximate surface area is 82.4 Å². The van der Waals surface area contributed by atoms with Gasteiger partial charge in [0.2, 0.25) is 0 Å². The van der Waals surface area contributed by atoms with E-state index in [-0.39, 0.29) is 11.3 Å². The molecule has 0 saturated heterocycles. The number of hydrogen-bond acceptors (Lipinski definition) is 4. The predicted octanol–water partition coefficient (Wildman–Crippen LogP) is 0.441. The first-order valence-electron chi connectivity index (χ1n) is 4.36. The molecule has 0 fully saturated rings. The van der Waals surface area contributed by atoms with Crippen LogP contribution >= 0.6 is 0 Å². The standard InChI is InChI=1S/C8H15N5O/c1-8(2,7(9)12-14)3-4-13-6-10-5-11-13/h5-6,14H,3-4H2,1-2H3,(H2,9,12). The molecular weight excluding hydrogens is 182 g/mol. The van der Waals surface area contributed by atoms with E-state index in [4.69, 9.17) is 10.9 Å².